The number of carbonyl (C=O) groups is 5. The summed E-state index contributed by atoms with van der Waals surface area (Å²) in [5, 5.41) is 47.0. The molecule has 0 fully saturated rings. The molecule has 0 saturated heterocycles. The Morgan fingerprint density at radius 1 is 0.765 bits per heavy atom. The topological polar surface area (TPSA) is 251 Å². The predicted octanol–water partition coefficient (Wildman–Crippen LogP) is 1.93. The Labute approximate surface area is 284 Å². The highest BCUT2D eigenvalue weighted by molar-refractivity contribution is 6.04. The first kappa shape index (κ1) is 37.5. The van der Waals surface area contributed by atoms with Crippen LogP contribution in [0.2, 0.25) is 0 Å². The molecule has 5 N–H and O–H groups in total. The molecule has 2 aromatic rings. The largest absolute Gasteiger partial charge is 0.505 e. The van der Waals surface area contributed by atoms with Crippen LogP contribution in [0.1, 0.15) is 0 Å². The van der Waals surface area contributed by atoms with E-state index in [1.54, 1.807) is 0 Å². The molecular formula is C32H28F2N2O15. The summed E-state index contributed by atoms with van der Waals surface area (Å²) in [6.07, 6.45) is 0. The third-order valence-corrected chi connectivity index (χ3v) is 7.10. The summed E-state index contributed by atoms with van der Waals surface area (Å²) >= 11 is 0. The fourth-order valence-electron chi connectivity index (χ4n) is 5.10. The summed E-state index contributed by atoms with van der Waals surface area (Å²) < 4.78 is 51.6. The molecule has 17 nitrogen and oxygen atoms in total. The molecule has 51 heavy (non-hydrogen) atoms. The fourth-order valence-corrected chi connectivity index (χ4v) is 5.10. The molecule has 0 spiro atoms. The van der Waals surface area contributed by atoms with Crippen LogP contribution in [0.25, 0.3) is 33.4 Å². The molecule has 0 unspecified atom stereocenters. The van der Waals surface area contributed by atoms with Gasteiger partial charge in [0.2, 0.25) is 5.43 Å². The molecule has 0 atom stereocenters. The quantitative estimate of drug-likeness (QED) is 0.0527. The summed E-state index contributed by atoms with van der Waals surface area (Å²) in [6.45, 7) is -3.72. The van der Waals surface area contributed by atoms with Gasteiger partial charge in [-0.3, -0.25) is 33.7 Å². The zero-order valence-corrected chi connectivity index (χ0v) is 26.2. The third kappa shape index (κ3) is 9.43. The second-order valence-corrected chi connectivity index (χ2v) is 10.7. The van der Waals surface area contributed by atoms with E-state index < -0.39 is 72.9 Å². The maximum atomic E-state index is 14.8. The molecule has 2 aromatic carbocycles. The lowest BCUT2D eigenvalue weighted by Gasteiger charge is -2.26. The number of benzene rings is 3. The number of fused-ring (bicyclic) bond motifs is 2. The number of carboxylic acid groups (broad SMARTS) is 4. The maximum absolute atomic E-state index is 14.8. The van der Waals surface area contributed by atoms with Crippen molar-refractivity contribution in [2.75, 3.05) is 57.4 Å². The summed E-state index contributed by atoms with van der Waals surface area (Å²) in [7, 11) is 0. The van der Waals surface area contributed by atoms with Gasteiger partial charge in [0, 0.05) is 46.8 Å². The van der Waals surface area contributed by atoms with Gasteiger partial charge in [-0.05, 0) is 18.2 Å². The van der Waals surface area contributed by atoms with Gasteiger partial charge in [-0.2, -0.15) is 0 Å². The van der Waals surface area contributed by atoms with E-state index in [-0.39, 0.29) is 83.4 Å². The summed E-state index contributed by atoms with van der Waals surface area (Å²) in [5.41, 5.74) is -1.87. The van der Waals surface area contributed by atoms with Gasteiger partial charge in [-0.25, -0.2) is 8.78 Å². The van der Waals surface area contributed by atoms with Crippen molar-refractivity contribution in [2.45, 2.75) is 0 Å². The summed E-state index contributed by atoms with van der Waals surface area (Å²) in [5.74, 6) is -9.50. The van der Waals surface area contributed by atoms with Crippen LogP contribution in [-0.2, 0) is 28.7 Å². The van der Waals surface area contributed by atoms with Crippen LogP contribution in [0, 0.1) is 11.6 Å². The van der Waals surface area contributed by atoms with Crippen molar-refractivity contribution in [3.05, 3.63) is 58.3 Å². The van der Waals surface area contributed by atoms with Crippen LogP contribution in [0.4, 0.5) is 14.5 Å². The number of hydrogen-bond donors (Lipinski definition) is 5. The standard InChI is InChI=1S/C32H28F2N2O15/c33-19-5-16-25(9-22(19)38)51-26-10-23(39)20(34)6-17(26)32(16)18-7-27(49-4-3-48-2-1-35(11-28(40)41)12-29(42)43)21(8-24(18)50-15-37)36(13-30(44)45)14-31(46)47/h5-10,15,38H,1-4,11-14H2,(H,40,41)(H,42,43)(H,44,45)(H,46,47). The van der Waals surface area contributed by atoms with Crippen LogP contribution in [0.15, 0.2) is 45.6 Å². The number of rotatable bonds is 19. The summed E-state index contributed by atoms with van der Waals surface area (Å²) in [4.78, 5) is 71.3. The molecule has 4 rings (SSSR count). The average Bonchev–Trinajstić information content (AvgIpc) is 3.02. The van der Waals surface area contributed by atoms with Crippen molar-refractivity contribution in [1.82, 2.24) is 4.90 Å². The van der Waals surface area contributed by atoms with Gasteiger partial charge in [0.05, 0.1) is 32.0 Å². The van der Waals surface area contributed by atoms with Gasteiger partial charge >= 0.3 is 23.9 Å². The van der Waals surface area contributed by atoms with Gasteiger partial charge < -0.3 is 49.1 Å². The lowest BCUT2D eigenvalue weighted by molar-refractivity contribution is -0.142. The SMILES string of the molecule is O=COc1cc(N(CC(=O)O)CC(=O)O)c(OCCOCCN(CC(=O)O)CC(=O)O)cc1-c1c2cc(F)c(=O)cc-2oc2cc(O)c(F)cc12. The van der Waals surface area contributed by atoms with E-state index in [4.69, 9.17) is 28.8 Å². The predicted molar refractivity (Wildman–Crippen MR) is 168 cm³/mol. The summed E-state index contributed by atoms with van der Waals surface area (Å²) in [6, 6.07) is 5.52. The number of ether oxygens (including phenoxy) is 3. The molecule has 270 valence electrons. The Morgan fingerprint density at radius 2 is 1.41 bits per heavy atom. The van der Waals surface area contributed by atoms with Crippen LogP contribution in [0.3, 0.4) is 0 Å². The van der Waals surface area contributed by atoms with Crippen LogP contribution in [-0.4, -0.2) is 113 Å². The molecule has 0 aromatic heterocycles. The van der Waals surface area contributed by atoms with Crippen LogP contribution in [0.5, 0.6) is 17.2 Å². The van der Waals surface area contributed by atoms with E-state index in [0.717, 1.165) is 46.2 Å². The number of anilines is 1. The van der Waals surface area contributed by atoms with Crippen molar-refractivity contribution in [3.8, 4) is 39.7 Å². The minimum atomic E-state index is -1.46. The zero-order chi connectivity index (χ0) is 37.4. The average molecular weight is 719 g/mol. The number of hydrogen-bond acceptors (Lipinski definition) is 13. The van der Waals surface area contributed by atoms with Crippen molar-refractivity contribution in [1.29, 1.82) is 0 Å². The zero-order valence-electron chi connectivity index (χ0n) is 26.2. The molecule has 0 amide bonds. The van der Waals surface area contributed by atoms with E-state index in [9.17, 15) is 52.9 Å². The number of halogens is 2. The van der Waals surface area contributed by atoms with Crippen molar-refractivity contribution in [2.24, 2.45) is 0 Å². The number of phenolic OH excluding ortho intramolecular Hbond substituents is 1. The van der Waals surface area contributed by atoms with E-state index >= 15 is 0 Å². The first-order valence-corrected chi connectivity index (χ1v) is 14.6. The van der Waals surface area contributed by atoms with E-state index in [1.165, 1.54) is 0 Å². The van der Waals surface area contributed by atoms with Crippen molar-refractivity contribution >= 4 is 47.0 Å². The van der Waals surface area contributed by atoms with Gasteiger partial charge in [0.15, 0.2) is 17.4 Å². The molecule has 0 saturated carbocycles. The van der Waals surface area contributed by atoms with Gasteiger partial charge in [-0.1, -0.05) is 0 Å². The Hall–Kier alpha value is -6.34. The second-order valence-electron chi connectivity index (χ2n) is 10.7. The normalized spacial score (nSPS) is 11.1. The molecule has 2 aliphatic rings. The lowest BCUT2D eigenvalue weighted by atomic mass is 9.92. The fraction of sp³-hybridized carbons (Fsp3) is 0.250. The molecular weight excluding hydrogens is 690 g/mol. The number of phenols is 1. The monoisotopic (exact) mass is 718 g/mol. The van der Waals surface area contributed by atoms with Gasteiger partial charge in [-0.15, -0.1) is 0 Å². The first-order chi connectivity index (χ1) is 24.2. The molecule has 19 heteroatoms. The van der Waals surface area contributed by atoms with Crippen LogP contribution >= 0.6 is 0 Å². The van der Waals surface area contributed by atoms with Crippen molar-refractivity contribution < 1.29 is 76.9 Å². The number of aromatic hydroxyl groups is 1. The molecule has 0 radical (unpaired) electrons. The smallest absolute Gasteiger partial charge is 0.323 e. The Morgan fingerprint density at radius 3 is 2.02 bits per heavy atom. The second kappa shape index (κ2) is 16.4. The molecule has 0 bridgehead atoms. The van der Waals surface area contributed by atoms with E-state index in [0.29, 0.717) is 0 Å². The number of nitrogens with zero attached hydrogens (tertiary/aromatic N) is 2. The molecule has 1 heterocycles. The molecule has 1 aliphatic heterocycles. The van der Waals surface area contributed by atoms with Gasteiger partial charge in [0.1, 0.15) is 42.5 Å². The number of carboxylic acids is 4. The van der Waals surface area contributed by atoms with E-state index in [1.807, 2.05) is 0 Å². The lowest BCUT2D eigenvalue weighted by Crippen LogP contribution is -2.37. The Bertz CT molecular complexity index is 1980. The highest BCUT2D eigenvalue weighted by atomic mass is 19.1. The highest BCUT2D eigenvalue weighted by Crippen LogP contribution is 2.48. The van der Waals surface area contributed by atoms with Crippen LogP contribution < -0.4 is 19.8 Å². The van der Waals surface area contributed by atoms with Gasteiger partial charge in [0.25, 0.3) is 6.47 Å². The Kier molecular flexibility index (Phi) is 12.0. The first-order valence-electron chi connectivity index (χ1n) is 14.6. The van der Waals surface area contributed by atoms with Crippen molar-refractivity contribution in [3.63, 3.8) is 0 Å². The minimum absolute atomic E-state index is 0.0197. The van der Waals surface area contributed by atoms with E-state index in [2.05, 4.69) is 0 Å². The Balaban J connectivity index is 1.84. The molecule has 1 aliphatic carbocycles. The number of aliphatic carboxylic acids is 4. The third-order valence-electron chi connectivity index (χ3n) is 7.10. The minimum Gasteiger partial charge on any atom is -0.505 e. The maximum Gasteiger partial charge on any atom is 0.323 e. The highest BCUT2D eigenvalue weighted by Gasteiger charge is 2.27. The number of carbonyl (C=O) groups excluding carboxylic acids is 1.